The fourth-order valence-corrected chi connectivity index (χ4v) is 5.32. The number of nitrogens with zero attached hydrogens (tertiary/aromatic N) is 4. The van der Waals surface area contributed by atoms with Crippen molar-refractivity contribution < 1.29 is 4.79 Å². The predicted molar refractivity (Wildman–Crippen MR) is 143 cm³/mol. The number of rotatable bonds is 5. The van der Waals surface area contributed by atoms with Crippen LogP contribution in [0.25, 0.3) is 11.4 Å². The summed E-state index contributed by atoms with van der Waals surface area (Å²) < 4.78 is 0. The second-order valence-electron chi connectivity index (χ2n) is 9.16. The molecule has 1 aliphatic rings. The second kappa shape index (κ2) is 10.0. The predicted octanol–water partition coefficient (Wildman–Crippen LogP) is 5.68. The van der Waals surface area contributed by atoms with Gasteiger partial charge in [0.1, 0.15) is 5.82 Å². The van der Waals surface area contributed by atoms with Crippen LogP contribution in [0.4, 0.5) is 5.82 Å². The van der Waals surface area contributed by atoms with Gasteiger partial charge in [0.25, 0.3) is 5.91 Å². The van der Waals surface area contributed by atoms with E-state index in [1.165, 1.54) is 28.0 Å². The van der Waals surface area contributed by atoms with E-state index in [4.69, 9.17) is 9.97 Å². The smallest absolute Gasteiger partial charge is 0.264 e. The van der Waals surface area contributed by atoms with E-state index >= 15 is 0 Å². The molecule has 0 radical (unpaired) electrons. The molecule has 0 bridgehead atoms. The third-order valence-corrected chi connectivity index (χ3v) is 7.55. The molecule has 6 heteroatoms. The van der Waals surface area contributed by atoms with E-state index in [9.17, 15) is 4.79 Å². The van der Waals surface area contributed by atoms with Crippen molar-refractivity contribution in [2.24, 2.45) is 0 Å². The van der Waals surface area contributed by atoms with Gasteiger partial charge in [-0.15, -0.1) is 11.3 Å². The van der Waals surface area contributed by atoms with Crippen LogP contribution in [0, 0.1) is 20.8 Å². The van der Waals surface area contributed by atoms with E-state index in [-0.39, 0.29) is 5.91 Å². The summed E-state index contributed by atoms with van der Waals surface area (Å²) in [5.74, 6) is 1.86. The van der Waals surface area contributed by atoms with Gasteiger partial charge in [0.15, 0.2) is 5.82 Å². The Kier molecular flexibility index (Phi) is 6.64. The molecule has 178 valence electrons. The van der Waals surface area contributed by atoms with E-state index in [0.29, 0.717) is 13.1 Å². The average Bonchev–Trinajstić information content (AvgIpc) is 3.42. The highest BCUT2D eigenvalue weighted by molar-refractivity contribution is 7.12. The quantitative estimate of drug-likeness (QED) is 0.367. The van der Waals surface area contributed by atoms with Crippen molar-refractivity contribution in [1.29, 1.82) is 0 Å². The van der Waals surface area contributed by atoms with Crippen molar-refractivity contribution in [2.45, 2.75) is 27.2 Å². The first-order valence-electron chi connectivity index (χ1n) is 12.1. The molecule has 35 heavy (non-hydrogen) atoms. The van der Waals surface area contributed by atoms with E-state index in [2.05, 4.69) is 56.0 Å². The molecule has 5 nitrogen and oxygen atoms in total. The first-order valence-corrected chi connectivity index (χ1v) is 12.9. The number of thiophene rings is 1. The van der Waals surface area contributed by atoms with Gasteiger partial charge in [0, 0.05) is 49.4 Å². The molecule has 1 fully saturated rings. The van der Waals surface area contributed by atoms with Crippen LogP contribution in [0.2, 0.25) is 0 Å². The molecular weight excluding hydrogens is 452 g/mol. The van der Waals surface area contributed by atoms with Crippen LogP contribution in [-0.2, 0) is 6.42 Å². The number of hydrogen-bond donors (Lipinski definition) is 0. The third-order valence-electron chi connectivity index (χ3n) is 6.69. The molecule has 1 saturated heterocycles. The Morgan fingerprint density at radius 3 is 2.40 bits per heavy atom. The van der Waals surface area contributed by atoms with Crippen LogP contribution < -0.4 is 4.90 Å². The van der Waals surface area contributed by atoms with Crippen LogP contribution in [0.1, 0.15) is 37.6 Å². The monoisotopic (exact) mass is 482 g/mol. The summed E-state index contributed by atoms with van der Waals surface area (Å²) in [6.45, 7) is 9.26. The summed E-state index contributed by atoms with van der Waals surface area (Å²) in [4.78, 5) is 28.0. The van der Waals surface area contributed by atoms with Crippen LogP contribution in [0.15, 0.2) is 66.0 Å². The molecule has 0 saturated carbocycles. The lowest BCUT2D eigenvalue weighted by molar-refractivity contribution is 0.0751. The summed E-state index contributed by atoms with van der Waals surface area (Å²) in [5.41, 5.74) is 7.02. The van der Waals surface area contributed by atoms with Gasteiger partial charge in [-0.1, -0.05) is 60.2 Å². The summed E-state index contributed by atoms with van der Waals surface area (Å²) in [7, 11) is 0. The van der Waals surface area contributed by atoms with Gasteiger partial charge in [0.2, 0.25) is 0 Å². The maximum Gasteiger partial charge on any atom is 0.264 e. The van der Waals surface area contributed by atoms with Gasteiger partial charge >= 0.3 is 0 Å². The number of carbonyl (C=O) groups is 1. The molecule has 1 amide bonds. The molecule has 5 rings (SSSR count). The number of benzene rings is 2. The van der Waals surface area contributed by atoms with Crippen molar-refractivity contribution in [1.82, 2.24) is 14.9 Å². The fraction of sp³-hybridized carbons (Fsp3) is 0.276. The normalized spacial score (nSPS) is 13.8. The zero-order valence-corrected chi connectivity index (χ0v) is 21.3. The molecule has 2 aromatic carbocycles. The maximum atomic E-state index is 12.9. The summed E-state index contributed by atoms with van der Waals surface area (Å²) in [5, 5.41) is 1.96. The van der Waals surface area contributed by atoms with Gasteiger partial charge in [-0.3, -0.25) is 4.79 Å². The Morgan fingerprint density at radius 1 is 0.914 bits per heavy atom. The Balaban J connectivity index is 1.48. The largest absolute Gasteiger partial charge is 0.353 e. The molecule has 0 spiro atoms. The molecular formula is C29H30N4OS. The van der Waals surface area contributed by atoms with Crippen molar-refractivity contribution in [3.8, 4) is 11.4 Å². The molecule has 0 unspecified atom stereocenters. The number of aryl methyl sites for hydroxylation is 3. The molecule has 0 atom stereocenters. The number of piperazine rings is 1. The van der Waals surface area contributed by atoms with Gasteiger partial charge in [-0.2, -0.15) is 0 Å². The van der Waals surface area contributed by atoms with Crippen molar-refractivity contribution in [3.05, 3.63) is 98.9 Å². The molecule has 4 aromatic rings. The summed E-state index contributed by atoms with van der Waals surface area (Å²) in [6.07, 6.45) is 0.790. The van der Waals surface area contributed by atoms with E-state index in [0.717, 1.165) is 52.9 Å². The Hall–Kier alpha value is -3.51. The molecule has 0 N–H and O–H groups in total. The first-order chi connectivity index (χ1) is 17.0. The van der Waals surface area contributed by atoms with Crippen LogP contribution in [-0.4, -0.2) is 47.0 Å². The van der Waals surface area contributed by atoms with Gasteiger partial charge < -0.3 is 9.80 Å². The summed E-state index contributed by atoms with van der Waals surface area (Å²) in [6, 6.07) is 20.6. The SMILES string of the molecule is Cc1ccc(C)c(Cc2c(C)nc(-c3ccccc3)nc2N2CCN(C(=O)c3cccs3)CC2)c1. The number of anilines is 1. The minimum absolute atomic E-state index is 0.124. The highest BCUT2D eigenvalue weighted by Crippen LogP contribution is 2.29. The highest BCUT2D eigenvalue weighted by atomic mass is 32.1. The lowest BCUT2D eigenvalue weighted by Crippen LogP contribution is -2.49. The second-order valence-corrected chi connectivity index (χ2v) is 10.1. The molecule has 1 aliphatic heterocycles. The average molecular weight is 483 g/mol. The lowest BCUT2D eigenvalue weighted by Gasteiger charge is -2.36. The lowest BCUT2D eigenvalue weighted by atomic mass is 9.97. The van der Waals surface area contributed by atoms with Crippen LogP contribution >= 0.6 is 11.3 Å². The van der Waals surface area contributed by atoms with Gasteiger partial charge in [-0.05, 0) is 43.3 Å². The van der Waals surface area contributed by atoms with Crippen LogP contribution in [0.3, 0.4) is 0 Å². The van der Waals surface area contributed by atoms with Gasteiger partial charge in [0.05, 0.1) is 4.88 Å². The van der Waals surface area contributed by atoms with Crippen LogP contribution in [0.5, 0.6) is 0 Å². The minimum atomic E-state index is 0.124. The molecule has 0 aliphatic carbocycles. The number of aromatic nitrogens is 2. The number of hydrogen-bond acceptors (Lipinski definition) is 5. The number of amides is 1. The van der Waals surface area contributed by atoms with E-state index in [1.807, 2.05) is 40.6 Å². The van der Waals surface area contributed by atoms with Crippen molar-refractivity contribution in [2.75, 3.05) is 31.1 Å². The topological polar surface area (TPSA) is 49.3 Å². The maximum absolute atomic E-state index is 12.9. The Bertz CT molecular complexity index is 1330. The summed E-state index contributed by atoms with van der Waals surface area (Å²) >= 11 is 1.50. The Labute approximate surface area is 211 Å². The molecule has 2 aromatic heterocycles. The third kappa shape index (κ3) is 4.98. The minimum Gasteiger partial charge on any atom is -0.353 e. The standard InChI is InChI=1S/C29H30N4OS/c1-20-11-12-21(2)24(18-20)19-25-22(3)30-27(23-8-5-4-6-9-23)31-28(25)32-13-15-33(16-14-32)29(34)26-10-7-17-35-26/h4-12,17-18H,13-16,19H2,1-3H3. The van der Waals surface area contributed by atoms with E-state index < -0.39 is 0 Å². The molecule has 3 heterocycles. The van der Waals surface area contributed by atoms with Crippen molar-refractivity contribution >= 4 is 23.1 Å². The van der Waals surface area contributed by atoms with Crippen molar-refractivity contribution in [3.63, 3.8) is 0 Å². The first kappa shape index (κ1) is 23.2. The fourth-order valence-electron chi connectivity index (χ4n) is 4.62. The Morgan fingerprint density at radius 2 is 1.69 bits per heavy atom. The zero-order chi connectivity index (χ0) is 24.4. The highest BCUT2D eigenvalue weighted by Gasteiger charge is 2.26. The van der Waals surface area contributed by atoms with Gasteiger partial charge in [-0.25, -0.2) is 9.97 Å². The number of carbonyl (C=O) groups excluding carboxylic acids is 1. The zero-order valence-electron chi connectivity index (χ0n) is 20.5. The van der Waals surface area contributed by atoms with E-state index in [1.54, 1.807) is 0 Å².